The van der Waals surface area contributed by atoms with Crippen LogP contribution in [0.1, 0.15) is 89.9 Å². The smallest absolute Gasteiger partial charge is 0.231 e. The minimum absolute atomic E-state index is 0.0799. The van der Waals surface area contributed by atoms with Gasteiger partial charge in [0.2, 0.25) is 5.91 Å². The van der Waals surface area contributed by atoms with Gasteiger partial charge in [0.05, 0.1) is 13.2 Å². The Bertz CT molecular complexity index is 1270. The fourth-order valence-corrected chi connectivity index (χ4v) is 6.23. The third kappa shape index (κ3) is 7.37. The topological polar surface area (TPSA) is 88.7 Å². The van der Waals surface area contributed by atoms with Gasteiger partial charge in [0, 0.05) is 30.1 Å². The molecule has 3 aliphatic rings. The zero-order chi connectivity index (χ0) is 28.9. The fraction of sp³-hybridized carbons (Fsp3) is 0.559. The van der Waals surface area contributed by atoms with E-state index >= 15 is 0 Å². The zero-order valence-electron chi connectivity index (χ0n) is 24.8. The van der Waals surface area contributed by atoms with Crippen LogP contribution in [-0.4, -0.2) is 40.7 Å². The number of nitrogens with zero attached hydrogens (tertiary/aromatic N) is 3. The second kappa shape index (κ2) is 13.2. The lowest BCUT2D eigenvalue weighted by Crippen LogP contribution is -2.42. The fourth-order valence-electron chi connectivity index (χ4n) is 6.23. The maximum absolute atomic E-state index is 14.0. The second-order valence-corrected chi connectivity index (χ2v) is 12.4. The van der Waals surface area contributed by atoms with E-state index in [1.54, 1.807) is 19.6 Å². The average molecular weight is 560 g/mol. The molecular weight excluding hydrogens is 514 g/mol. The molecule has 0 bridgehead atoms. The number of anilines is 1. The van der Waals surface area contributed by atoms with Gasteiger partial charge in [-0.1, -0.05) is 18.2 Å². The summed E-state index contributed by atoms with van der Waals surface area (Å²) in [5.41, 5.74) is 3.99. The van der Waals surface area contributed by atoms with Crippen LogP contribution in [0.15, 0.2) is 64.6 Å². The SMILES string of the molecule is C=C(/C=C\C(OC)=C(C)C)[C@H]1CC[C@H](CN(c2cc(-c3coc(C4CC4)n3)ccn2)C(=O)[C@H]2CC[C@H](O)CC2)CC1. The molecule has 5 rings (SSSR count). The van der Waals surface area contributed by atoms with Gasteiger partial charge >= 0.3 is 0 Å². The highest BCUT2D eigenvalue weighted by Gasteiger charge is 2.33. The van der Waals surface area contributed by atoms with E-state index < -0.39 is 0 Å². The van der Waals surface area contributed by atoms with E-state index in [1.807, 2.05) is 37.0 Å². The molecule has 2 aromatic heterocycles. The van der Waals surface area contributed by atoms with Crippen molar-refractivity contribution in [2.24, 2.45) is 17.8 Å². The predicted octanol–water partition coefficient (Wildman–Crippen LogP) is 7.36. The van der Waals surface area contributed by atoms with Gasteiger partial charge in [-0.15, -0.1) is 0 Å². The van der Waals surface area contributed by atoms with Crippen molar-refractivity contribution < 1.29 is 19.1 Å². The Labute approximate surface area is 244 Å². The number of methoxy groups -OCH3 is 1. The molecule has 3 fully saturated rings. The number of allylic oxidation sites excluding steroid dienone is 4. The van der Waals surface area contributed by atoms with Crippen molar-refractivity contribution in [3.8, 4) is 11.3 Å². The van der Waals surface area contributed by atoms with E-state index in [0.717, 1.165) is 85.4 Å². The van der Waals surface area contributed by atoms with E-state index in [0.29, 0.717) is 43.0 Å². The molecule has 220 valence electrons. The molecule has 1 N–H and O–H groups in total. The number of aliphatic hydroxyl groups is 1. The minimum Gasteiger partial charge on any atom is -0.497 e. The Morgan fingerprint density at radius 3 is 2.44 bits per heavy atom. The molecule has 41 heavy (non-hydrogen) atoms. The molecule has 3 aliphatic carbocycles. The standard InChI is InChI=1S/C34H45N3O4/c1-22(2)31(40-4)16-5-23(3)25-8-6-24(7-9-25)20-37(34(39)27-12-14-29(38)15-13-27)32-19-28(17-18-35-32)30-21-41-33(36-30)26-10-11-26/h5,16-19,21,24-27,29,38H,3,6-15,20H2,1-2,4H3/b16-5-/t24-,25-,27-,29-. The van der Waals surface area contributed by atoms with Crippen LogP contribution < -0.4 is 4.90 Å². The van der Waals surface area contributed by atoms with Crippen LogP contribution in [0.3, 0.4) is 0 Å². The van der Waals surface area contributed by atoms with Gasteiger partial charge in [0.15, 0.2) is 5.89 Å². The van der Waals surface area contributed by atoms with Gasteiger partial charge in [-0.25, -0.2) is 9.97 Å². The lowest BCUT2D eigenvalue weighted by atomic mass is 9.78. The predicted molar refractivity (Wildman–Crippen MR) is 161 cm³/mol. The summed E-state index contributed by atoms with van der Waals surface area (Å²) < 4.78 is 11.2. The minimum atomic E-state index is -0.295. The van der Waals surface area contributed by atoms with Crippen molar-refractivity contribution in [2.45, 2.75) is 90.1 Å². The first-order valence-corrected chi connectivity index (χ1v) is 15.3. The second-order valence-electron chi connectivity index (χ2n) is 12.4. The molecule has 7 heteroatoms. The number of hydrogen-bond donors (Lipinski definition) is 1. The van der Waals surface area contributed by atoms with Crippen LogP contribution in [0.4, 0.5) is 5.82 Å². The molecule has 0 atom stereocenters. The zero-order valence-corrected chi connectivity index (χ0v) is 24.8. The number of carbonyl (C=O) groups is 1. The molecule has 2 aromatic rings. The number of carbonyl (C=O) groups excluding carboxylic acids is 1. The molecule has 2 heterocycles. The summed E-state index contributed by atoms with van der Waals surface area (Å²) in [6.45, 7) is 9.09. The van der Waals surface area contributed by atoms with E-state index in [-0.39, 0.29) is 17.9 Å². The number of hydrogen-bond acceptors (Lipinski definition) is 6. The summed E-state index contributed by atoms with van der Waals surface area (Å²) in [5, 5.41) is 10.0. The summed E-state index contributed by atoms with van der Waals surface area (Å²) in [4.78, 5) is 25.3. The number of pyridine rings is 1. The number of ether oxygens (including phenoxy) is 1. The molecule has 0 spiro atoms. The van der Waals surface area contributed by atoms with Gasteiger partial charge < -0.3 is 14.3 Å². The third-order valence-electron chi connectivity index (χ3n) is 9.05. The molecule has 7 nitrogen and oxygen atoms in total. The van der Waals surface area contributed by atoms with Crippen molar-refractivity contribution in [2.75, 3.05) is 18.6 Å². The third-order valence-corrected chi connectivity index (χ3v) is 9.05. The number of aromatic nitrogens is 2. The van der Waals surface area contributed by atoms with Gasteiger partial charge in [0.25, 0.3) is 0 Å². The first-order valence-electron chi connectivity index (χ1n) is 15.3. The first kappa shape index (κ1) is 29.3. The molecule has 0 aliphatic heterocycles. The number of amides is 1. The molecule has 0 saturated heterocycles. The largest absolute Gasteiger partial charge is 0.497 e. The van der Waals surface area contributed by atoms with E-state index in [2.05, 4.69) is 17.6 Å². The molecule has 0 unspecified atom stereocenters. The first-order chi connectivity index (χ1) is 19.8. The van der Waals surface area contributed by atoms with Crippen molar-refractivity contribution in [3.05, 3.63) is 66.1 Å². The van der Waals surface area contributed by atoms with E-state index in [4.69, 9.17) is 14.1 Å². The van der Waals surface area contributed by atoms with Gasteiger partial charge in [-0.2, -0.15) is 0 Å². The van der Waals surface area contributed by atoms with Crippen LogP contribution in [0.5, 0.6) is 0 Å². The van der Waals surface area contributed by atoms with Gasteiger partial charge in [-0.05, 0) is 114 Å². The lowest BCUT2D eigenvalue weighted by molar-refractivity contribution is -0.124. The molecule has 0 radical (unpaired) electrons. The van der Waals surface area contributed by atoms with Crippen LogP contribution in [0.25, 0.3) is 11.3 Å². The normalized spacial score (nSPS) is 24.7. The van der Waals surface area contributed by atoms with Crippen LogP contribution in [0, 0.1) is 17.8 Å². The summed E-state index contributed by atoms with van der Waals surface area (Å²) in [7, 11) is 1.70. The van der Waals surface area contributed by atoms with Crippen LogP contribution in [0.2, 0.25) is 0 Å². The van der Waals surface area contributed by atoms with Crippen LogP contribution >= 0.6 is 0 Å². The van der Waals surface area contributed by atoms with Crippen LogP contribution in [-0.2, 0) is 9.53 Å². The average Bonchev–Trinajstić information content (AvgIpc) is 3.72. The Morgan fingerprint density at radius 1 is 1.07 bits per heavy atom. The Kier molecular flexibility index (Phi) is 9.43. The lowest BCUT2D eigenvalue weighted by Gasteiger charge is -2.35. The highest BCUT2D eigenvalue weighted by atomic mass is 16.5. The van der Waals surface area contributed by atoms with E-state index in [1.165, 1.54) is 0 Å². The van der Waals surface area contributed by atoms with E-state index in [9.17, 15) is 9.90 Å². The number of oxazole rings is 1. The Balaban J connectivity index is 1.29. The summed E-state index contributed by atoms with van der Waals surface area (Å²) in [6, 6.07) is 3.92. The maximum Gasteiger partial charge on any atom is 0.231 e. The van der Waals surface area contributed by atoms with Crippen molar-refractivity contribution >= 4 is 11.7 Å². The quantitative estimate of drug-likeness (QED) is 0.242. The molecular formula is C34H45N3O4. The highest BCUT2D eigenvalue weighted by Crippen LogP contribution is 2.40. The Hall–Kier alpha value is -3.19. The number of aliphatic hydroxyl groups excluding tert-OH is 1. The summed E-state index contributed by atoms with van der Waals surface area (Å²) >= 11 is 0. The monoisotopic (exact) mass is 559 g/mol. The van der Waals surface area contributed by atoms with Crippen molar-refractivity contribution in [1.29, 1.82) is 0 Å². The van der Waals surface area contributed by atoms with Gasteiger partial charge in [-0.3, -0.25) is 9.69 Å². The Morgan fingerprint density at radius 2 is 1.78 bits per heavy atom. The summed E-state index contributed by atoms with van der Waals surface area (Å²) in [5.74, 6) is 3.70. The molecule has 0 aromatic carbocycles. The van der Waals surface area contributed by atoms with Crippen molar-refractivity contribution in [1.82, 2.24) is 9.97 Å². The summed E-state index contributed by atoms with van der Waals surface area (Å²) in [6.07, 6.45) is 16.6. The highest BCUT2D eigenvalue weighted by molar-refractivity contribution is 5.94. The van der Waals surface area contributed by atoms with Crippen molar-refractivity contribution in [3.63, 3.8) is 0 Å². The molecule has 3 saturated carbocycles. The maximum atomic E-state index is 14.0. The molecule has 1 amide bonds. The number of rotatable bonds is 10. The van der Waals surface area contributed by atoms with Gasteiger partial charge in [0.1, 0.15) is 23.5 Å².